The van der Waals surface area contributed by atoms with E-state index >= 15 is 0 Å². The smallest absolute Gasteiger partial charge is 0.0101 e. The lowest BCUT2D eigenvalue weighted by molar-refractivity contribution is 0.351. The van der Waals surface area contributed by atoms with Crippen LogP contribution < -0.4 is 0 Å². The van der Waals surface area contributed by atoms with Crippen LogP contribution >= 0.6 is 9.24 Å². The zero-order valence-corrected chi connectivity index (χ0v) is 15.0. The lowest BCUT2D eigenvalue weighted by atomic mass is 9.77. The highest BCUT2D eigenvalue weighted by Crippen LogP contribution is 2.34. The van der Waals surface area contributed by atoms with E-state index < -0.39 is 0 Å². The van der Waals surface area contributed by atoms with Crippen LogP contribution in [0.1, 0.15) is 54.9 Å². The summed E-state index contributed by atoms with van der Waals surface area (Å²) in [6.07, 6.45) is 9.47. The van der Waals surface area contributed by atoms with Gasteiger partial charge in [0.15, 0.2) is 0 Å². The third-order valence-electron chi connectivity index (χ3n) is 2.34. The third kappa shape index (κ3) is 12.1. The number of hydrogen-bond donors (Lipinski definition) is 0. The number of hydrogen-bond acceptors (Lipinski definition) is 0. The second kappa shape index (κ2) is 14.7. The Kier molecular flexibility index (Phi) is 18.6. The second-order valence-electron chi connectivity index (χ2n) is 4.84. The predicted octanol–water partition coefficient (Wildman–Crippen LogP) is 6.26. The first-order valence-electron chi connectivity index (χ1n) is 6.97. The van der Waals surface area contributed by atoms with Gasteiger partial charge >= 0.3 is 0 Å². The fourth-order valence-electron chi connectivity index (χ4n) is 1.95. The molecule has 0 aromatic heterocycles. The van der Waals surface area contributed by atoms with E-state index in [1.807, 2.05) is 26.6 Å². The van der Waals surface area contributed by atoms with Gasteiger partial charge < -0.3 is 0 Å². The minimum absolute atomic E-state index is 0.245. The molecular weight excluding hydrogens is 235 g/mol. The van der Waals surface area contributed by atoms with E-state index in [9.17, 15) is 0 Å². The van der Waals surface area contributed by atoms with Crippen molar-refractivity contribution in [3.63, 3.8) is 0 Å². The fraction of sp³-hybridized carbons (Fsp3) is 0.647. The quantitative estimate of drug-likeness (QED) is 0.408. The first-order chi connectivity index (χ1) is 8.44. The van der Waals surface area contributed by atoms with Crippen molar-refractivity contribution in [1.29, 1.82) is 0 Å². The van der Waals surface area contributed by atoms with E-state index in [0.717, 1.165) is 5.92 Å². The standard InChI is InChI=1S/C14H24.C2H6.CH5P/c1-7-9-13(10-8-2)14(5,6)11-12(3)4;2*1-2/h7-10,12H,1,11H2,2-6H3;1-2H3;2H2,1H3/b10-8-,13-9+;;. The van der Waals surface area contributed by atoms with Gasteiger partial charge in [0, 0.05) is 0 Å². The van der Waals surface area contributed by atoms with Crippen molar-refractivity contribution in [3.8, 4) is 0 Å². The van der Waals surface area contributed by atoms with Gasteiger partial charge in [-0.2, -0.15) is 0 Å². The average molecular weight is 270 g/mol. The minimum Gasteiger partial charge on any atom is -0.141 e. The first-order valence-corrected chi connectivity index (χ1v) is 8.13. The summed E-state index contributed by atoms with van der Waals surface area (Å²) in [6, 6.07) is 0. The van der Waals surface area contributed by atoms with Crippen LogP contribution in [0.2, 0.25) is 0 Å². The minimum atomic E-state index is 0.245. The summed E-state index contributed by atoms with van der Waals surface area (Å²) >= 11 is 0. The number of allylic oxidation sites excluding steroid dienone is 5. The maximum absolute atomic E-state index is 3.77. The summed E-state index contributed by atoms with van der Waals surface area (Å²) in [5.41, 5.74) is 1.61. The van der Waals surface area contributed by atoms with Gasteiger partial charge in [-0.25, -0.2) is 0 Å². The van der Waals surface area contributed by atoms with Crippen molar-refractivity contribution in [2.75, 3.05) is 6.66 Å². The molecule has 1 atom stereocenters. The van der Waals surface area contributed by atoms with Gasteiger partial charge in [0.1, 0.15) is 0 Å². The van der Waals surface area contributed by atoms with Crippen molar-refractivity contribution in [1.82, 2.24) is 0 Å². The molecule has 108 valence electrons. The molecule has 0 aliphatic rings. The Labute approximate surface area is 119 Å². The Bertz CT molecular complexity index is 232. The van der Waals surface area contributed by atoms with Gasteiger partial charge in [-0.3, -0.25) is 0 Å². The van der Waals surface area contributed by atoms with Crippen molar-refractivity contribution < 1.29 is 0 Å². The van der Waals surface area contributed by atoms with E-state index in [2.05, 4.69) is 68.7 Å². The SMILES string of the molecule is C=C/C=C(\C=C/C)C(C)(C)CC(C)C.CC.CP. The zero-order valence-electron chi connectivity index (χ0n) is 13.9. The van der Waals surface area contributed by atoms with Crippen molar-refractivity contribution in [2.45, 2.75) is 54.9 Å². The highest BCUT2D eigenvalue weighted by molar-refractivity contribution is 7.15. The first kappa shape index (κ1) is 22.8. The van der Waals surface area contributed by atoms with Crippen LogP contribution in [0.3, 0.4) is 0 Å². The Morgan fingerprint density at radius 3 is 1.94 bits per heavy atom. The van der Waals surface area contributed by atoms with Gasteiger partial charge in [0.2, 0.25) is 0 Å². The van der Waals surface area contributed by atoms with E-state index in [4.69, 9.17) is 0 Å². The molecule has 0 aliphatic carbocycles. The molecule has 1 unspecified atom stereocenters. The average Bonchev–Trinajstić information content (AvgIpc) is 2.32. The molecule has 0 N–H and O–H groups in total. The van der Waals surface area contributed by atoms with E-state index in [1.54, 1.807) is 0 Å². The molecule has 18 heavy (non-hydrogen) atoms. The molecule has 0 saturated heterocycles. The molecule has 1 heteroatoms. The zero-order chi connectivity index (χ0) is 15.2. The summed E-state index contributed by atoms with van der Waals surface area (Å²) < 4.78 is 0. The highest BCUT2D eigenvalue weighted by atomic mass is 31.0. The lowest BCUT2D eigenvalue weighted by Gasteiger charge is -2.28. The molecule has 0 aliphatic heterocycles. The normalized spacial score (nSPS) is 11.6. The van der Waals surface area contributed by atoms with Gasteiger partial charge in [-0.1, -0.05) is 79.1 Å². The maximum Gasteiger partial charge on any atom is -0.0101 e. The van der Waals surface area contributed by atoms with Crippen molar-refractivity contribution in [3.05, 3.63) is 36.5 Å². The van der Waals surface area contributed by atoms with Crippen molar-refractivity contribution >= 4 is 9.24 Å². The molecule has 0 heterocycles. The molecule has 0 aromatic carbocycles. The molecule has 0 aromatic rings. The van der Waals surface area contributed by atoms with Crippen LogP contribution in [0, 0.1) is 11.3 Å². The predicted molar refractivity (Wildman–Crippen MR) is 93.3 cm³/mol. The van der Waals surface area contributed by atoms with Gasteiger partial charge in [-0.05, 0) is 30.3 Å². The fourth-order valence-corrected chi connectivity index (χ4v) is 1.95. The Balaban J connectivity index is -0.000000506. The van der Waals surface area contributed by atoms with Crippen LogP contribution in [0.15, 0.2) is 36.5 Å². The monoisotopic (exact) mass is 270 g/mol. The van der Waals surface area contributed by atoms with Crippen LogP contribution in [-0.4, -0.2) is 6.66 Å². The highest BCUT2D eigenvalue weighted by Gasteiger charge is 2.21. The van der Waals surface area contributed by atoms with E-state index in [0.29, 0.717) is 0 Å². The Morgan fingerprint density at radius 2 is 1.67 bits per heavy atom. The van der Waals surface area contributed by atoms with Gasteiger partial charge in [-0.15, -0.1) is 9.24 Å². The topological polar surface area (TPSA) is 0 Å². The number of rotatable bonds is 5. The lowest BCUT2D eigenvalue weighted by Crippen LogP contribution is -2.16. The summed E-state index contributed by atoms with van der Waals surface area (Å²) in [5, 5.41) is 0. The maximum atomic E-state index is 3.77. The van der Waals surface area contributed by atoms with E-state index in [-0.39, 0.29) is 5.41 Å². The molecule has 0 spiro atoms. The molecule has 0 bridgehead atoms. The molecule has 0 amide bonds. The summed E-state index contributed by atoms with van der Waals surface area (Å²) in [6.45, 7) is 20.9. The van der Waals surface area contributed by atoms with Crippen LogP contribution in [-0.2, 0) is 0 Å². The summed E-state index contributed by atoms with van der Waals surface area (Å²) in [5.74, 6) is 0.725. The van der Waals surface area contributed by atoms with Crippen LogP contribution in [0.4, 0.5) is 0 Å². The van der Waals surface area contributed by atoms with Gasteiger partial charge in [0.25, 0.3) is 0 Å². The summed E-state index contributed by atoms with van der Waals surface area (Å²) in [7, 11) is 2.42. The van der Waals surface area contributed by atoms with Crippen LogP contribution in [0.5, 0.6) is 0 Å². The molecular formula is C17H35P. The largest absolute Gasteiger partial charge is 0.141 e. The Hall–Kier alpha value is -0.350. The van der Waals surface area contributed by atoms with Gasteiger partial charge in [0.05, 0.1) is 0 Å². The summed E-state index contributed by atoms with van der Waals surface area (Å²) in [4.78, 5) is 0. The molecule has 0 nitrogen and oxygen atoms in total. The van der Waals surface area contributed by atoms with E-state index in [1.165, 1.54) is 12.0 Å². The Morgan fingerprint density at radius 1 is 1.22 bits per heavy atom. The molecule has 0 radical (unpaired) electrons. The molecule has 0 fully saturated rings. The van der Waals surface area contributed by atoms with Crippen molar-refractivity contribution in [2.24, 2.45) is 11.3 Å². The van der Waals surface area contributed by atoms with Crippen LogP contribution in [0.25, 0.3) is 0 Å². The molecule has 0 rings (SSSR count). The third-order valence-corrected chi connectivity index (χ3v) is 2.34. The molecule has 0 saturated carbocycles. The second-order valence-corrected chi connectivity index (χ2v) is 4.84.